The molecule has 11 nitrogen and oxygen atoms in total. The molecule has 6 heterocycles. The van der Waals surface area contributed by atoms with E-state index in [4.69, 9.17) is 44.8 Å². The van der Waals surface area contributed by atoms with Crippen molar-refractivity contribution in [3.05, 3.63) is 124 Å². The monoisotopic (exact) mass is 830 g/mol. The molecular weight excluding hydrogens is 789 g/mol. The van der Waals surface area contributed by atoms with Crippen LogP contribution in [0.25, 0.3) is 0 Å². The van der Waals surface area contributed by atoms with Gasteiger partial charge in [-0.1, -0.05) is 55.1 Å². The molecule has 2 aliphatic heterocycles. The highest BCUT2D eigenvalue weighted by Crippen LogP contribution is 2.45. The smallest absolute Gasteiger partial charge is 0.154 e. The molecule has 0 fully saturated rings. The number of amidine groups is 1. The molecule has 0 aliphatic carbocycles. The average molecular weight is 832 g/mol. The van der Waals surface area contributed by atoms with Gasteiger partial charge in [0.2, 0.25) is 0 Å². The van der Waals surface area contributed by atoms with E-state index in [0.29, 0.717) is 40.6 Å². The molecule has 1 unspecified atom stereocenters. The van der Waals surface area contributed by atoms with Crippen LogP contribution in [0.3, 0.4) is 0 Å². The number of aliphatic imine (C=N–C) groups is 1. The molecule has 1 aromatic carbocycles. The number of nitrogen functional groups attached to an aromatic ring is 4. The van der Waals surface area contributed by atoms with Crippen LogP contribution >= 0.6 is 27.7 Å². The van der Waals surface area contributed by atoms with Gasteiger partial charge in [-0.25, -0.2) is 19.9 Å². The van der Waals surface area contributed by atoms with E-state index in [-0.39, 0.29) is 5.54 Å². The normalized spacial score (nSPS) is 14.9. The Balaban J connectivity index is 0.000000187. The lowest BCUT2D eigenvalue weighted by atomic mass is 9.82. The maximum atomic E-state index is 6.01. The Morgan fingerprint density at radius 1 is 0.727 bits per heavy atom. The van der Waals surface area contributed by atoms with E-state index in [1.54, 1.807) is 48.7 Å². The van der Waals surface area contributed by atoms with Gasteiger partial charge >= 0.3 is 0 Å². The molecule has 2 aliphatic rings. The maximum Gasteiger partial charge on any atom is 0.154 e. The third-order valence-electron chi connectivity index (χ3n) is 7.72. The summed E-state index contributed by atoms with van der Waals surface area (Å²) in [5.41, 5.74) is 35.4. The molecule has 10 N–H and O–H groups in total. The number of aromatic nitrogens is 4. The molecule has 1 atom stereocenters. The predicted molar refractivity (Wildman–Crippen MR) is 233 cm³/mol. The van der Waals surface area contributed by atoms with Crippen LogP contribution in [-0.2, 0) is 5.54 Å². The van der Waals surface area contributed by atoms with Crippen molar-refractivity contribution in [2.24, 2.45) is 10.7 Å². The summed E-state index contributed by atoms with van der Waals surface area (Å²) in [5, 5.41) is 0.652. The van der Waals surface area contributed by atoms with Gasteiger partial charge in [0, 0.05) is 48.1 Å². The molecule has 4 aromatic heterocycles. The number of rotatable bonds is 0. The number of terminal acetylenes is 1. The SMILES string of the molecule is C#Cc1cccnc1N.C[Si](C)(C)C#Cc1cccnc1N.NC1=NC2(CCOc3ccc(C#Cc4cccnc4N)cc32)CCS1.Nc1ncccc1Br. The first-order valence-electron chi connectivity index (χ1n) is 17.0. The minimum atomic E-state index is -1.31. The zero-order chi connectivity index (χ0) is 39.8. The van der Waals surface area contributed by atoms with Crippen LogP contribution in [0.1, 0.15) is 40.7 Å². The topological polar surface area (TPSA) is 203 Å². The summed E-state index contributed by atoms with van der Waals surface area (Å²) < 4.78 is 6.68. The third kappa shape index (κ3) is 12.8. The van der Waals surface area contributed by atoms with Gasteiger partial charge in [0.05, 0.1) is 33.3 Å². The predicted octanol–water partition coefficient (Wildman–Crippen LogP) is 6.46. The maximum absolute atomic E-state index is 6.01. The summed E-state index contributed by atoms with van der Waals surface area (Å²) in [6.07, 6.45) is 13.5. The summed E-state index contributed by atoms with van der Waals surface area (Å²) in [6.45, 7) is 7.26. The molecule has 0 saturated heterocycles. The van der Waals surface area contributed by atoms with E-state index < -0.39 is 8.07 Å². The van der Waals surface area contributed by atoms with E-state index in [9.17, 15) is 0 Å². The molecule has 280 valence electrons. The highest BCUT2D eigenvalue weighted by atomic mass is 79.9. The molecular formula is C41H43BrN10OSSi. The minimum absolute atomic E-state index is 0.284. The number of benzene rings is 1. The largest absolute Gasteiger partial charge is 0.493 e. The van der Waals surface area contributed by atoms with Gasteiger partial charge in [0.1, 0.15) is 37.1 Å². The first-order valence-corrected chi connectivity index (χ1v) is 22.3. The Bertz CT molecular complexity index is 2280. The molecule has 0 radical (unpaired) electrons. The van der Waals surface area contributed by atoms with Gasteiger partial charge in [0.25, 0.3) is 0 Å². The molecule has 1 spiro atoms. The second-order valence-electron chi connectivity index (χ2n) is 13.0. The zero-order valence-electron chi connectivity index (χ0n) is 30.9. The lowest BCUT2D eigenvalue weighted by molar-refractivity contribution is 0.214. The summed E-state index contributed by atoms with van der Waals surface area (Å²) in [5.74, 6) is 15.5. The molecule has 55 heavy (non-hydrogen) atoms. The van der Waals surface area contributed by atoms with Crippen LogP contribution in [0.2, 0.25) is 19.6 Å². The van der Waals surface area contributed by atoms with Crippen LogP contribution in [0.15, 0.2) is 101 Å². The van der Waals surface area contributed by atoms with Gasteiger partial charge in [-0.15, -0.1) is 12.0 Å². The number of thioether (sulfide) groups is 1. The lowest BCUT2D eigenvalue weighted by Gasteiger charge is -2.38. The van der Waals surface area contributed by atoms with Crippen molar-refractivity contribution in [2.75, 3.05) is 35.3 Å². The van der Waals surface area contributed by atoms with Gasteiger partial charge in [0.15, 0.2) is 5.17 Å². The van der Waals surface area contributed by atoms with Crippen LogP contribution < -0.4 is 33.4 Å². The first kappa shape index (κ1) is 41.8. The van der Waals surface area contributed by atoms with Gasteiger partial charge < -0.3 is 33.4 Å². The molecule has 0 saturated carbocycles. The van der Waals surface area contributed by atoms with E-state index in [2.05, 4.69) is 90.8 Å². The van der Waals surface area contributed by atoms with Crippen molar-refractivity contribution in [2.45, 2.75) is 38.0 Å². The molecule has 0 bridgehead atoms. The average Bonchev–Trinajstić information content (AvgIpc) is 3.16. The third-order valence-corrected chi connectivity index (χ3v) is 10.1. The number of fused-ring (bicyclic) bond motifs is 2. The Morgan fingerprint density at radius 3 is 1.78 bits per heavy atom. The highest BCUT2D eigenvalue weighted by Gasteiger charge is 2.39. The summed E-state index contributed by atoms with van der Waals surface area (Å²) in [7, 11) is -1.31. The van der Waals surface area contributed by atoms with Crippen molar-refractivity contribution < 1.29 is 4.74 Å². The van der Waals surface area contributed by atoms with Crippen molar-refractivity contribution in [3.63, 3.8) is 0 Å². The van der Waals surface area contributed by atoms with Gasteiger partial charge in [-0.05, 0) is 89.1 Å². The summed E-state index contributed by atoms with van der Waals surface area (Å²) >= 11 is 4.82. The minimum Gasteiger partial charge on any atom is -0.493 e. The fourth-order valence-electron chi connectivity index (χ4n) is 4.94. The van der Waals surface area contributed by atoms with Crippen molar-refractivity contribution in [3.8, 4) is 41.4 Å². The Hall–Kier alpha value is -5.98. The Labute approximate surface area is 336 Å². The molecule has 14 heteroatoms. The number of nitrogens with zero attached hydrogens (tertiary/aromatic N) is 5. The van der Waals surface area contributed by atoms with E-state index in [1.165, 1.54) is 0 Å². The van der Waals surface area contributed by atoms with Crippen molar-refractivity contribution >= 4 is 64.2 Å². The van der Waals surface area contributed by atoms with E-state index >= 15 is 0 Å². The second-order valence-corrected chi connectivity index (χ2v) is 19.7. The quantitative estimate of drug-likeness (QED) is 0.0847. The van der Waals surface area contributed by atoms with E-state index in [1.807, 2.05) is 48.5 Å². The van der Waals surface area contributed by atoms with Gasteiger partial charge in [-0.2, -0.15) is 0 Å². The number of ether oxygens (including phenoxy) is 1. The fourth-order valence-corrected chi connectivity index (χ4v) is 6.59. The number of pyridine rings is 4. The van der Waals surface area contributed by atoms with Gasteiger partial charge in [-0.3, -0.25) is 4.99 Å². The van der Waals surface area contributed by atoms with Crippen molar-refractivity contribution in [1.29, 1.82) is 0 Å². The van der Waals surface area contributed by atoms with Crippen LogP contribution in [0.4, 0.5) is 23.3 Å². The van der Waals surface area contributed by atoms with Crippen molar-refractivity contribution in [1.82, 2.24) is 19.9 Å². The summed E-state index contributed by atoms with van der Waals surface area (Å²) in [4.78, 5) is 20.4. The van der Waals surface area contributed by atoms with Crippen LogP contribution in [0.5, 0.6) is 5.75 Å². The lowest BCUT2D eigenvalue weighted by Crippen LogP contribution is -2.36. The fraction of sp³-hybridized carbons (Fsp3) is 0.195. The first-order chi connectivity index (χ1) is 26.3. The molecule has 5 aromatic rings. The molecule has 7 rings (SSSR count). The second kappa shape index (κ2) is 19.9. The Morgan fingerprint density at radius 2 is 1.29 bits per heavy atom. The zero-order valence-corrected chi connectivity index (χ0v) is 34.3. The number of hydrogen-bond donors (Lipinski definition) is 5. The number of hydrogen-bond acceptors (Lipinski definition) is 12. The molecule has 0 amide bonds. The highest BCUT2D eigenvalue weighted by molar-refractivity contribution is 9.10. The number of anilines is 4. The van der Waals surface area contributed by atoms with Crippen LogP contribution in [-0.4, -0.2) is 45.5 Å². The number of nitrogens with two attached hydrogens (primary N) is 5. The Kier molecular flexibility index (Phi) is 15.1. The van der Waals surface area contributed by atoms with E-state index in [0.717, 1.165) is 51.1 Å². The van der Waals surface area contributed by atoms with Crippen LogP contribution in [0, 0.1) is 35.6 Å². The number of halogens is 1. The standard InChI is InChI=1S/C19H18N4OS.C10H14N2Si.C7H6N2.C5H5BrN2/c20-17-14(2-1-9-22-17)5-3-13-4-6-16-15(12-13)19(7-10-24-16)8-11-25-18(21)23-19;1-13(2,3)8-6-9-5-4-7-12-10(9)11;1-2-6-4-3-5-9-7(6)8;6-4-2-1-3-8-5(4)7/h1-2,4,6,9,12H,7-8,10-11H2,(H2,20,22)(H2,21,23);4-5,7H,1-3H3,(H2,11,12);1,3-5H,(H2,8,9);1-3H,(H2,7,8). The summed E-state index contributed by atoms with van der Waals surface area (Å²) in [6, 6.07) is 20.6.